The van der Waals surface area contributed by atoms with Gasteiger partial charge < -0.3 is 4.57 Å². The molecule has 0 atom stereocenters. The molecular formula is C17H14FN3O2S2. The number of thioether (sulfide) groups is 1. The number of fused-ring (bicyclic) bond motifs is 1. The molecule has 0 fully saturated rings. The number of hydrogen-bond donors (Lipinski definition) is 1. The lowest BCUT2D eigenvalue weighted by Crippen LogP contribution is -2.13. The van der Waals surface area contributed by atoms with E-state index < -0.39 is 15.8 Å². The average Bonchev–Trinajstić information content (AvgIpc) is 3.16. The standard InChI is InChI=1S/C17H14FN3O2S2/c18-13-4-2-6-15(10-13)25(22,23)20-14-5-1-3-12(9-14)16-11-21-7-8-24-17(21)19-16/h1-6,9-11,20H,7-8H2. The fraction of sp³-hybridized carbons (Fsp3) is 0.118. The Morgan fingerprint density at radius 1 is 1.16 bits per heavy atom. The first-order valence-electron chi connectivity index (χ1n) is 7.60. The number of halogens is 1. The molecule has 5 nitrogen and oxygen atoms in total. The van der Waals surface area contributed by atoms with Gasteiger partial charge in [0.2, 0.25) is 0 Å². The van der Waals surface area contributed by atoms with E-state index in [2.05, 4.69) is 14.3 Å². The first kappa shape index (κ1) is 16.2. The van der Waals surface area contributed by atoms with Crippen molar-refractivity contribution in [3.05, 3.63) is 60.5 Å². The zero-order chi connectivity index (χ0) is 17.4. The summed E-state index contributed by atoms with van der Waals surface area (Å²) in [5.74, 6) is 0.428. The molecule has 0 aliphatic carbocycles. The highest BCUT2D eigenvalue weighted by atomic mass is 32.2. The van der Waals surface area contributed by atoms with Crippen LogP contribution in [-0.4, -0.2) is 23.7 Å². The van der Waals surface area contributed by atoms with E-state index in [9.17, 15) is 12.8 Å². The lowest BCUT2D eigenvalue weighted by atomic mass is 10.1. The zero-order valence-corrected chi connectivity index (χ0v) is 14.6. The van der Waals surface area contributed by atoms with E-state index in [0.717, 1.165) is 34.8 Å². The summed E-state index contributed by atoms with van der Waals surface area (Å²) in [5, 5.41) is 0.973. The van der Waals surface area contributed by atoms with E-state index in [-0.39, 0.29) is 4.90 Å². The largest absolute Gasteiger partial charge is 0.325 e. The zero-order valence-electron chi connectivity index (χ0n) is 13.0. The van der Waals surface area contributed by atoms with Crippen molar-refractivity contribution in [1.29, 1.82) is 0 Å². The number of aryl methyl sites for hydroxylation is 1. The lowest BCUT2D eigenvalue weighted by molar-refractivity contribution is 0.595. The van der Waals surface area contributed by atoms with Crippen LogP contribution < -0.4 is 4.72 Å². The summed E-state index contributed by atoms with van der Waals surface area (Å²) in [4.78, 5) is 4.45. The van der Waals surface area contributed by atoms with Gasteiger partial charge in [-0.1, -0.05) is 30.0 Å². The van der Waals surface area contributed by atoms with Gasteiger partial charge >= 0.3 is 0 Å². The number of anilines is 1. The molecular weight excluding hydrogens is 361 g/mol. The van der Waals surface area contributed by atoms with Gasteiger partial charge in [-0.05, 0) is 30.3 Å². The number of aromatic nitrogens is 2. The highest BCUT2D eigenvalue weighted by molar-refractivity contribution is 7.99. The molecule has 128 valence electrons. The maximum atomic E-state index is 13.3. The number of sulfonamides is 1. The molecule has 2 heterocycles. The van der Waals surface area contributed by atoms with Crippen LogP contribution in [0.15, 0.2) is 64.8 Å². The summed E-state index contributed by atoms with van der Waals surface area (Å²) in [5.41, 5.74) is 2.03. The molecule has 0 bridgehead atoms. The van der Waals surface area contributed by atoms with Crippen molar-refractivity contribution in [2.75, 3.05) is 10.5 Å². The minimum atomic E-state index is -3.85. The summed E-state index contributed by atoms with van der Waals surface area (Å²) in [6.45, 7) is 0.929. The Labute approximate surface area is 149 Å². The molecule has 1 aliphatic heterocycles. The monoisotopic (exact) mass is 375 g/mol. The number of nitrogens with zero attached hydrogens (tertiary/aromatic N) is 2. The molecule has 0 unspecified atom stereocenters. The molecule has 8 heteroatoms. The fourth-order valence-corrected chi connectivity index (χ4v) is 4.66. The number of hydrogen-bond acceptors (Lipinski definition) is 4. The molecule has 1 aliphatic rings. The third-order valence-corrected chi connectivity index (χ3v) is 6.17. The number of rotatable bonds is 4. The Balaban J connectivity index is 1.63. The molecule has 0 saturated heterocycles. The van der Waals surface area contributed by atoms with Gasteiger partial charge in [-0.3, -0.25) is 4.72 Å². The predicted octanol–water partition coefficient (Wildman–Crippen LogP) is 3.60. The van der Waals surface area contributed by atoms with Crippen LogP contribution in [0.5, 0.6) is 0 Å². The Bertz CT molecular complexity index is 1030. The van der Waals surface area contributed by atoms with Gasteiger partial charge in [0.1, 0.15) is 5.82 Å². The molecule has 1 aromatic heterocycles. The highest BCUT2D eigenvalue weighted by Crippen LogP contribution is 2.30. The average molecular weight is 375 g/mol. The molecule has 2 aromatic carbocycles. The molecule has 25 heavy (non-hydrogen) atoms. The Morgan fingerprint density at radius 3 is 2.80 bits per heavy atom. The molecule has 0 amide bonds. The van der Waals surface area contributed by atoms with Gasteiger partial charge in [-0.15, -0.1) is 0 Å². The van der Waals surface area contributed by atoms with E-state index in [4.69, 9.17) is 0 Å². The molecule has 4 rings (SSSR count). The Kier molecular flexibility index (Phi) is 4.01. The first-order valence-corrected chi connectivity index (χ1v) is 10.1. The summed E-state index contributed by atoms with van der Waals surface area (Å²) >= 11 is 1.70. The SMILES string of the molecule is O=S(=O)(Nc1cccc(-c2cn3c(n2)SCC3)c1)c1cccc(F)c1. The Hall–Kier alpha value is -2.32. The van der Waals surface area contributed by atoms with Crippen LogP contribution in [0, 0.1) is 5.82 Å². The van der Waals surface area contributed by atoms with Gasteiger partial charge in [-0.2, -0.15) is 0 Å². The maximum absolute atomic E-state index is 13.3. The van der Waals surface area contributed by atoms with Gasteiger partial charge in [-0.25, -0.2) is 17.8 Å². The molecule has 1 N–H and O–H groups in total. The second kappa shape index (κ2) is 6.20. The van der Waals surface area contributed by atoms with E-state index in [1.54, 1.807) is 30.0 Å². The highest BCUT2D eigenvalue weighted by Gasteiger charge is 2.17. The smallest absolute Gasteiger partial charge is 0.261 e. The van der Waals surface area contributed by atoms with Crippen LogP contribution in [0.1, 0.15) is 0 Å². The van der Waals surface area contributed by atoms with Crippen molar-refractivity contribution in [2.24, 2.45) is 0 Å². The second-order valence-corrected chi connectivity index (χ2v) is 8.34. The molecule has 0 radical (unpaired) electrons. The topological polar surface area (TPSA) is 64.0 Å². The van der Waals surface area contributed by atoms with Crippen molar-refractivity contribution in [3.8, 4) is 11.3 Å². The lowest BCUT2D eigenvalue weighted by Gasteiger charge is -2.09. The number of nitrogens with one attached hydrogen (secondary N) is 1. The van der Waals surface area contributed by atoms with Crippen molar-refractivity contribution in [3.63, 3.8) is 0 Å². The van der Waals surface area contributed by atoms with Crippen LogP contribution >= 0.6 is 11.8 Å². The predicted molar refractivity (Wildman–Crippen MR) is 95.6 cm³/mol. The van der Waals surface area contributed by atoms with E-state index >= 15 is 0 Å². The van der Waals surface area contributed by atoms with E-state index in [0.29, 0.717) is 5.69 Å². The van der Waals surface area contributed by atoms with E-state index in [1.807, 2.05) is 12.3 Å². The minimum absolute atomic E-state index is 0.115. The number of benzene rings is 2. The number of imidazole rings is 1. The van der Waals surface area contributed by atoms with Crippen LogP contribution in [0.2, 0.25) is 0 Å². The summed E-state index contributed by atoms with van der Waals surface area (Å²) < 4.78 is 42.7. The third kappa shape index (κ3) is 3.27. The molecule has 0 spiro atoms. The van der Waals surface area contributed by atoms with Crippen molar-refractivity contribution in [2.45, 2.75) is 16.6 Å². The summed E-state index contributed by atoms with van der Waals surface area (Å²) in [7, 11) is -3.85. The van der Waals surface area contributed by atoms with Crippen LogP contribution in [0.4, 0.5) is 10.1 Å². The van der Waals surface area contributed by atoms with Crippen molar-refractivity contribution >= 4 is 27.5 Å². The van der Waals surface area contributed by atoms with Gasteiger partial charge in [0.05, 0.1) is 10.6 Å². The van der Waals surface area contributed by atoms with Gasteiger partial charge in [0.25, 0.3) is 10.0 Å². The van der Waals surface area contributed by atoms with Gasteiger partial charge in [0, 0.05) is 29.7 Å². The minimum Gasteiger partial charge on any atom is -0.325 e. The quantitative estimate of drug-likeness (QED) is 0.757. The fourth-order valence-electron chi connectivity index (χ4n) is 2.64. The summed E-state index contributed by atoms with van der Waals surface area (Å²) in [6, 6.07) is 11.9. The normalized spacial score (nSPS) is 13.6. The van der Waals surface area contributed by atoms with Crippen molar-refractivity contribution < 1.29 is 12.8 Å². The third-order valence-electron chi connectivity index (χ3n) is 3.82. The first-order chi connectivity index (χ1) is 12.0. The Morgan fingerprint density at radius 2 is 2.00 bits per heavy atom. The second-order valence-electron chi connectivity index (χ2n) is 5.59. The van der Waals surface area contributed by atoms with Gasteiger partial charge in [0.15, 0.2) is 5.16 Å². The molecule has 3 aromatic rings. The molecule has 0 saturated carbocycles. The van der Waals surface area contributed by atoms with Crippen LogP contribution in [0.25, 0.3) is 11.3 Å². The summed E-state index contributed by atoms with van der Waals surface area (Å²) in [6.07, 6.45) is 1.97. The van der Waals surface area contributed by atoms with Crippen LogP contribution in [-0.2, 0) is 16.6 Å². The van der Waals surface area contributed by atoms with E-state index in [1.165, 1.54) is 18.2 Å². The maximum Gasteiger partial charge on any atom is 0.261 e. The van der Waals surface area contributed by atoms with Crippen LogP contribution in [0.3, 0.4) is 0 Å². The van der Waals surface area contributed by atoms with Crippen molar-refractivity contribution in [1.82, 2.24) is 9.55 Å².